The minimum Gasteiger partial charge on any atom is -0.497 e. The Labute approximate surface area is 262 Å². The second-order valence-electron chi connectivity index (χ2n) is 11.0. The molecule has 1 aromatic heterocycles. The van der Waals surface area contributed by atoms with E-state index in [1.165, 1.54) is 11.9 Å². The van der Waals surface area contributed by atoms with E-state index in [-0.39, 0.29) is 31.3 Å². The largest absolute Gasteiger partial charge is 0.497 e. The molecule has 0 aromatic carbocycles. The SMILES string of the molecule is CCC1=C(OC)C=C(N2CCN(C(=O)CN(CC)/N=C(\CC)C(F)(F)F)CC2)C(C(=O)N2CCN(c3ncccn3)CC2)=CC1. The highest BCUT2D eigenvalue weighted by molar-refractivity contribution is 5.98. The predicted octanol–water partition coefficient (Wildman–Crippen LogP) is 3.44. The number of amides is 2. The number of aromatic nitrogens is 2. The van der Waals surface area contributed by atoms with E-state index in [0.29, 0.717) is 70.3 Å². The molecule has 0 N–H and O–H groups in total. The second-order valence-corrected chi connectivity index (χ2v) is 11.0. The highest BCUT2D eigenvalue weighted by Gasteiger charge is 2.36. The van der Waals surface area contributed by atoms with Crippen molar-refractivity contribution in [3.8, 4) is 0 Å². The predicted molar refractivity (Wildman–Crippen MR) is 165 cm³/mol. The first-order chi connectivity index (χ1) is 21.6. The molecule has 2 aliphatic heterocycles. The molecule has 1 aliphatic carbocycles. The lowest BCUT2D eigenvalue weighted by molar-refractivity contribution is -0.134. The van der Waals surface area contributed by atoms with Crippen LogP contribution in [0.1, 0.15) is 40.0 Å². The van der Waals surface area contributed by atoms with Crippen molar-refractivity contribution < 1.29 is 27.5 Å². The fraction of sp³-hybridized carbons (Fsp3) is 0.581. The van der Waals surface area contributed by atoms with Gasteiger partial charge in [-0.15, -0.1) is 0 Å². The number of hydrazone groups is 1. The Balaban J connectivity index is 1.46. The van der Waals surface area contributed by atoms with Gasteiger partial charge in [-0.25, -0.2) is 9.97 Å². The van der Waals surface area contributed by atoms with Crippen LogP contribution in [0.3, 0.4) is 0 Å². The molecule has 0 saturated carbocycles. The van der Waals surface area contributed by atoms with Gasteiger partial charge in [0, 0.05) is 77.4 Å². The average Bonchev–Trinajstić information content (AvgIpc) is 3.25. The van der Waals surface area contributed by atoms with Crippen LogP contribution in [0.25, 0.3) is 0 Å². The van der Waals surface area contributed by atoms with Gasteiger partial charge in [-0.1, -0.05) is 19.9 Å². The third-order valence-corrected chi connectivity index (χ3v) is 8.30. The fourth-order valence-corrected chi connectivity index (χ4v) is 5.62. The monoisotopic (exact) mass is 632 g/mol. The van der Waals surface area contributed by atoms with Gasteiger partial charge in [0.1, 0.15) is 18.0 Å². The normalized spacial score (nSPS) is 18.4. The summed E-state index contributed by atoms with van der Waals surface area (Å²) in [6, 6.07) is 1.77. The van der Waals surface area contributed by atoms with Gasteiger partial charge in [0.25, 0.3) is 5.91 Å². The standard InChI is InChI=1S/C31H43F3N8O3/c1-5-23-9-10-24(29(44)40-17-19-41(20-18-40)30-35-11-8-12-36-30)25(21-26(23)45-4)38-13-15-39(16-14-38)28(43)22-42(7-3)37-27(6-2)31(32,33)34/h8,10-12,21H,5-7,9,13-20,22H2,1-4H3/b37-27+. The maximum absolute atomic E-state index is 14.0. The molecule has 45 heavy (non-hydrogen) atoms. The second kappa shape index (κ2) is 15.3. The molecular formula is C31H43F3N8O3. The van der Waals surface area contributed by atoms with Crippen molar-refractivity contribution in [2.45, 2.75) is 46.2 Å². The van der Waals surface area contributed by atoms with Crippen LogP contribution >= 0.6 is 0 Å². The summed E-state index contributed by atoms with van der Waals surface area (Å²) in [6.45, 7) is 8.98. The number of anilines is 1. The number of hydrogen-bond donors (Lipinski definition) is 0. The minimum absolute atomic E-state index is 0.0611. The number of ether oxygens (including phenoxy) is 1. The van der Waals surface area contributed by atoms with Gasteiger partial charge in [0.15, 0.2) is 0 Å². The Hall–Kier alpha value is -4.10. The summed E-state index contributed by atoms with van der Waals surface area (Å²) >= 11 is 0. The van der Waals surface area contributed by atoms with Crippen molar-refractivity contribution in [1.82, 2.24) is 29.7 Å². The topological polar surface area (TPSA) is 97.7 Å². The lowest BCUT2D eigenvalue weighted by Gasteiger charge is -2.39. The van der Waals surface area contributed by atoms with Gasteiger partial charge in [-0.05, 0) is 37.8 Å². The summed E-state index contributed by atoms with van der Waals surface area (Å²) in [5.74, 6) is 1.02. The molecule has 3 heterocycles. The molecule has 0 spiro atoms. The molecule has 4 rings (SSSR count). The summed E-state index contributed by atoms with van der Waals surface area (Å²) in [6.07, 6.45) is 3.86. The molecule has 2 saturated heterocycles. The molecule has 0 radical (unpaired) electrons. The molecule has 0 bridgehead atoms. The number of hydrogen-bond acceptors (Lipinski definition) is 9. The number of carbonyl (C=O) groups is 2. The third kappa shape index (κ3) is 8.34. The fourth-order valence-electron chi connectivity index (χ4n) is 5.62. The molecular weight excluding hydrogens is 589 g/mol. The van der Waals surface area contributed by atoms with E-state index in [4.69, 9.17) is 4.74 Å². The van der Waals surface area contributed by atoms with Crippen LogP contribution in [0.4, 0.5) is 19.1 Å². The molecule has 0 unspecified atom stereocenters. The molecule has 246 valence electrons. The molecule has 2 amide bonds. The summed E-state index contributed by atoms with van der Waals surface area (Å²) in [5.41, 5.74) is 1.53. The van der Waals surface area contributed by atoms with E-state index in [2.05, 4.69) is 31.8 Å². The van der Waals surface area contributed by atoms with E-state index in [9.17, 15) is 22.8 Å². The van der Waals surface area contributed by atoms with Crippen LogP contribution in [-0.4, -0.2) is 126 Å². The maximum atomic E-state index is 14.0. The number of carbonyl (C=O) groups excluding carboxylic acids is 2. The summed E-state index contributed by atoms with van der Waals surface area (Å²) in [5, 5.41) is 4.89. The third-order valence-electron chi connectivity index (χ3n) is 8.30. The zero-order valence-corrected chi connectivity index (χ0v) is 26.5. The smallest absolute Gasteiger partial charge is 0.431 e. The van der Waals surface area contributed by atoms with Gasteiger partial charge < -0.3 is 24.3 Å². The molecule has 14 heteroatoms. The van der Waals surface area contributed by atoms with Gasteiger partial charge >= 0.3 is 6.18 Å². The number of allylic oxidation sites excluding steroid dienone is 3. The molecule has 3 aliphatic rings. The van der Waals surface area contributed by atoms with E-state index in [0.717, 1.165) is 23.5 Å². The maximum Gasteiger partial charge on any atom is 0.431 e. The van der Waals surface area contributed by atoms with Crippen molar-refractivity contribution in [2.24, 2.45) is 5.10 Å². The number of nitrogens with zero attached hydrogens (tertiary/aromatic N) is 8. The molecule has 0 atom stereocenters. The van der Waals surface area contributed by atoms with Gasteiger partial charge in [-0.3, -0.25) is 14.6 Å². The number of halogens is 3. The Kier molecular flexibility index (Phi) is 11.5. The van der Waals surface area contributed by atoms with Gasteiger partial charge in [-0.2, -0.15) is 18.3 Å². The molecule has 2 fully saturated rings. The van der Waals surface area contributed by atoms with E-state index >= 15 is 0 Å². The van der Waals surface area contributed by atoms with Crippen LogP contribution < -0.4 is 4.90 Å². The van der Waals surface area contributed by atoms with E-state index in [1.807, 2.05) is 17.1 Å². The first-order valence-corrected chi connectivity index (χ1v) is 15.5. The van der Waals surface area contributed by atoms with Gasteiger partial charge in [0.05, 0.1) is 18.4 Å². The number of likely N-dealkylation sites (N-methyl/N-ethyl adjacent to an activating group) is 1. The van der Waals surface area contributed by atoms with Crippen LogP contribution in [0, 0.1) is 0 Å². The van der Waals surface area contributed by atoms with Crippen molar-refractivity contribution in [3.63, 3.8) is 0 Å². The molecule has 1 aromatic rings. The van der Waals surface area contributed by atoms with Crippen molar-refractivity contribution in [1.29, 1.82) is 0 Å². The van der Waals surface area contributed by atoms with Crippen LogP contribution in [0.15, 0.2) is 58.3 Å². The van der Waals surface area contributed by atoms with Crippen LogP contribution in [-0.2, 0) is 14.3 Å². The molecule has 11 nitrogen and oxygen atoms in total. The average molecular weight is 633 g/mol. The Bertz CT molecular complexity index is 1310. The quantitative estimate of drug-likeness (QED) is 0.286. The lowest BCUT2D eigenvalue weighted by atomic mass is 10.1. The summed E-state index contributed by atoms with van der Waals surface area (Å²) in [4.78, 5) is 43.4. The highest BCUT2D eigenvalue weighted by Crippen LogP contribution is 2.30. The number of methoxy groups -OCH3 is 1. The number of piperazine rings is 2. The summed E-state index contributed by atoms with van der Waals surface area (Å²) in [7, 11) is 1.62. The number of alkyl halides is 3. The first-order valence-electron chi connectivity index (χ1n) is 15.5. The van der Waals surface area contributed by atoms with E-state index < -0.39 is 11.9 Å². The van der Waals surface area contributed by atoms with Crippen molar-refractivity contribution in [3.05, 3.63) is 53.2 Å². The van der Waals surface area contributed by atoms with Gasteiger partial charge in [0.2, 0.25) is 11.9 Å². The zero-order chi connectivity index (χ0) is 32.6. The van der Waals surface area contributed by atoms with Crippen molar-refractivity contribution >= 4 is 23.5 Å². The Morgan fingerprint density at radius 1 is 0.956 bits per heavy atom. The zero-order valence-electron chi connectivity index (χ0n) is 26.5. The summed E-state index contributed by atoms with van der Waals surface area (Å²) < 4.78 is 45.5. The Morgan fingerprint density at radius 3 is 2.13 bits per heavy atom. The Morgan fingerprint density at radius 2 is 1.58 bits per heavy atom. The first kappa shape index (κ1) is 33.8. The van der Waals surface area contributed by atoms with Crippen LogP contribution in [0.2, 0.25) is 0 Å². The van der Waals surface area contributed by atoms with Crippen molar-refractivity contribution in [2.75, 3.05) is 77.5 Å². The lowest BCUT2D eigenvalue weighted by Crippen LogP contribution is -2.52. The number of rotatable bonds is 10. The van der Waals surface area contributed by atoms with Crippen LogP contribution in [0.5, 0.6) is 0 Å². The highest BCUT2D eigenvalue weighted by atomic mass is 19.4. The van der Waals surface area contributed by atoms with E-state index in [1.54, 1.807) is 37.4 Å². The minimum atomic E-state index is -4.54.